The Morgan fingerprint density at radius 1 is 1.53 bits per heavy atom. The van der Waals surface area contributed by atoms with Crippen LogP contribution in [0.5, 0.6) is 0 Å². The van der Waals surface area contributed by atoms with Gasteiger partial charge in [0.2, 0.25) is 0 Å². The van der Waals surface area contributed by atoms with E-state index in [2.05, 4.69) is 5.32 Å². The third-order valence-electron chi connectivity index (χ3n) is 2.82. The summed E-state index contributed by atoms with van der Waals surface area (Å²) in [5, 5.41) is 3.28. The fourth-order valence-electron chi connectivity index (χ4n) is 1.85. The molecule has 17 heavy (non-hydrogen) atoms. The Kier molecular flexibility index (Phi) is 4.97. The summed E-state index contributed by atoms with van der Waals surface area (Å²) in [5.41, 5.74) is -0.447. The maximum Gasteiger partial charge on any atom is 0.410 e. The molecule has 1 amide bonds. The molecule has 1 aliphatic heterocycles. The number of nitrogens with one attached hydrogen (secondary N) is 1. The van der Waals surface area contributed by atoms with Crippen molar-refractivity contribution in [3.8, 4) is 0 Å². The zero-order valence-electron chi connectivity index (χ0n) is 11.4. The number of ether oxygens (including phenoxy) is 1. The van der Waals surface area contributed by atoms with E-state index < -0.39 is 5.60 Å². The van der Waals surface area contributed by atoms with E-state index in [1.165, 1.54) is 0 Å². The fraction of sp³-hybridized carbons (Fsp3) is 0.909. The van der Waals surface area contributed by atoms with Gasteiger partial charge in [-0.1, -0.05) is 0 Å². The molecule has 6 heteroatoms. The van der Waals surface area contributed by atoms with Gasteiger partial charge in [-0.25, -0.2) is 4.79 Å². The second-order valence-electron chi connectivity index (χ2n) is 5.39. The molecule has 1 rings (SSSR count). The van der Waals surface area contributed by atoms with Gasteiger partial charge in [0.1, 0.15) is 16.1 Å². The van der Waals surface area contributed by atoms with E-state index in [-0.39, 0.29) is 18.2 Å². The Labute approximate surface area is 106 Å². The normalized spacial score (nSPS) is 23.5. The van der Waals surface area contributed by atoms with Crippen LogP contribution >= 0.6 is 0 Å². The highest BCUT2D eigenvalue weighted by Gasteiger charge is 2.33. The summed E-state index contributed by atoms with van der Waals surface area (Å²) < 4.78 is 10.9. The van der Waals surface area contributed by atoms with Crippen LogP contribution in [0.15, 0.2) is 0 Å². The molecule has 2 atom stereocenters. The van der Waals surface area contributed by atoms with Gasteiger partial charge >= 0.3 is 6.09 Å². The van der Waals surface area contributed by atoms with E-state index in [9.17, 15) is 4.79 Å². The first-order chi connectivity index (χ1) is 7.85. The predicted molar refractivity (Wildman–Crippen MR) is 70.1 cm³/mol. The lowest BCUT2D eigenvalue weighted by Gasteiger charge is -2.39. The Hall–Kier alpha value is -0.593. The third kappa shape index (κ3) is 4.29. The van der Waals surface area contributed by atoms with Gasteiger partial charge < -0.3 is 19.4 Å². The summed E-state index contributed by atoms with van der Waals surface area (Å²) in [6, 6.07) is 0.0658. The molecule has 0 radical (unpaired) electrons. The molecule has 1 heterocycles. The summed E-state index contributed by atoms with van der Waals surface area (Å²) in [6.45, 7) is 9.90. The summed E-state index contributed by atoms with van der Waals surface area (Å²) in [5.74, 6) is 0. The minimum atomic E-state index is -0.447. The lowest BCUT2D eigenvalue weighted by molar-refractivity contribution is -0.00353. The molecule has 0 aromatic carbocycles. The van der Waals surface area contributed by atoms with Gasteiger partial charge in [-0.3, -0.25) is 0 Å². The number of hydrogen-bond acceptors (Lipinski definition) is 4. The molecule has 0 spiro atoms. The molecular weight excluding hydrogens is 236 g/mol. The molecule has 1 unspecified atom stereocenters. The average molecular weight is 260 g/mol. The highest BCUT2D eigenvalue weighted by molar-refractivity contribution is 5.98. The first-order valence-electron chi connectivity index (χ1n) is 6.08. The van der Waals surface area contributed by atoms with E-state index in [4.69, 9.17) is 9.16 Å². The van der Waals surface area contributed by atoms with Crippen LogP contribution in [0.25, 0.3) is 0 Å². The van der Waals surface area contributed by atoms with Gasteiger partial charge in [0.15, 0.2) is 0 Å². The Bertz CT molecular complexity index is 268. The van der Waals surface area contributed by atoms with Crippen molar-refractivity contribution in [1.29, 1.82) is 0 Å². The molecule has 1 fully saturated rings. The lowest BCUT2D eigenvalue weighted by atomic mass is 10.1. The predicted octanol–water partition coefficient (Wildman–Crippen LogP) is -0.119. The van der Waals surface area contributed by atoms with Crippen LogP contribution in [0.2, 0.25) is 0 Å². The SMILES string of the molecule is C[C@@H](O[SiH3])C1CNCCN1C(=O)OC(C)(C)C. The summed E-state index contributed by atoms with van der Waals surface area (Å²) in [4.78, 5) is 13.9. The molecule has 1 aliphatic rings. The zero-order chi connectivity index (χ0) is 13.1. The van der Waals surface area contributed by atoms with Crippen LogP contribution < -0.4 is 5.32 Å². The summed E-state index contributed by atoms with van der Waals surface area (Å²) in [6.07, 6.45) is -0.184. The number of carbonyl (C=O) groups excluding carboxylic acids is 1. The van der Waals surface area contributed by atoms with Gasteiger partial charge in [0, 0.05) is 19.6 Å². The van der Waals surface area contributed by atoms with Crippen molar-refractivity contribution in [2.45, 2.75) is 45.4 Å². The molecule has 1 saturated heterocycles. The molecule has 100 valence electrons. The van der Waals surface area contributed by atoms with Crippen LogP contribution in [0.4, 0.5) is 4.79 Å². The van der Waals surface area contributed by atoms with Crippen LogP contribution in [0.1, 0.15) is 27.7 Å². The van der Waals surface area contributed by atoms with Gasteiger partial charge in [0.05, 0.1) is 12.1 Å². The van der Waals surface area contributed by atoms with Crippen LogP contribution in [0.3, 0.4) is 0 Å². The van der Waals surface area contributed by atoms with E-state index in [1.54, 1.807) is 4.90 Å². The van der Waals surface area contributed by atoms with Gasteiger partial charge in [-0.05, 0) is 27.7 Å². The minimum Gasteiger partial charge on any atom is -0.444 e. The number of rotatable bonds is 2. The molecular formula is C11H24N2O3Si. The highest BCUT2D eigenvalue weighted by Crippen LogP contribution is 2.15. The van der Waals surface area contributed by atoms with Crippen molar-refractivity contribution in [2.75, 3.05) is 19.6 Å². The molecule has 0 aliphatic carbocycles. The monoisotopic (exact) mass is 260 g/mol. The van der Waals surface area contributed by atoms with Crippen LogP contribution in [0, 0.1) is 0 Å². The van der Waals surface area contributed by atoms with Crippen molar-refractivity contribution >= 4 is 16.6 Å². The first kappa shape index (κ1) is 14.5. The highest BCUT2D eigenvalue weighted by atomic mass is 28.2. The third-order valence-corrected chi connectivity index (χ3v) is 3.57. The fourth-order valence-corrected chi connectivity index (χ4v) is 2.16. The minimum absolute atomic E-state index is 0.0574. The van der Waals surface area contributed by atoms with Crippen molar-refractivity contribution in [1.82, 2.24) is 10.2 Å². The van der Waals surface area contributed by atoms with Crippen molar-refractivity contribution < 1.29 is 14.0 Å². The maximum atomic E-state index is 12.1. The van der Waals surface area contributed by atoms with Crippen molar-refractivity contribution in [3.63, 3.8) is 0 Å². The second kappa shape index (κ2) is 5.84. The summed E-state index contributed by atoms with van der Waals surface area (Å²) >= 11 is 0. The maximum absolute atomic E-state index is 12.1. The van der Waals surface area contributed by atoms with E-state index in [0.717, 1.165) is 13.1 Å². The molecule has 5 nitrogen and oxygen atoms in total. The summed E-state index contributed by atoms with van der Waals surface area (Å²) in [7, 11) is 0.680. The van der Waals surface area contributed by atoms with Crippen LogP contribution in [-0.2, 0) is 9.16 Å². The molecule has 0 aromatic heterocycles. The smallest absolute Gasteiger partial charge is 0.410 e. The molecule has 0 aromatic rings. The van der Waals surface area contributed by atoms with Gasteiger partial charge in [-0.15, -0.1) is 0 Å². The molecule has 0 bridgehead atoms. The quantitative estimate of drug-likeness (QED) is 0.703. The van der Waals surface area contributed by atoms with E-state index >= 15 is 0 Å². The van der Waals surface area contributed by atoms with Crippen molar-refractivity contribution in [3.05, 3.63) is 0 Å². The van der Waals surface area contributed by atoms with Crippen LogP contribution in [-0.4, -0.2) is 58.9 Å². The van der Waals surface area contributed by atoms with Gasteiger partial charge in [-0.2, -0.15) is 0 Å². The Morgan fingerprint density at radius 3 is 2.71 bits per heavy atom. The Morgan fingerprint density at radius 2 is 2.18 bits per heavy atom. The van der Waals surface area contributed by atoms with Gasteiger partial charge in [0.25, 0.3) is 0 Å². The first-order valence-corrected chi connectivity index (χ1v) is 6.90. The Balaban J connectivity index is 2.67. The van der Waals surface area contributed by atoms with E-state index in [0.29, 0.717) is 17.0 Å². The molecule has 0 saturated carbocycles. The topological polar surface area (TPSA) is 50.8 Å². The zero-order valence-corrected chi connectivity index (χ0v) is 13.4. The van der Waals surface area contributed by atoms with E-state index in [1.807, 2.05) is 27.7 Å². The van der Waals surface area contributed by atoms with Crippen molar-refractivity contribution in [2.24, 2.45) is 0 Å². The largest absolute Gasteiger partial charge is 0.444 e. The number of amides is 1. The number of carbonyl (C=O) groups is 1. The standard InChI is InChI=1S/C11H24N2O3Si/c1-8(16-17)9-7-12-5-6-13(9)10(14)15-11(2,3)4/h8-9,12H,5-7H2,1-4,17H3/t8-,9?/m1/s1. The number of piperazine rings is 1. The number of hydrogen-bond donors (Lipinski definition) is 1. The number of nitrogens with zero attached hydrogens (tertiary/aromatic N) is 1. The molecule has 1 N–H and O–H groups in total. The second-order valence-corrected chi connectivity index (χ2v) is 5.86. The lowest BCUT2D eigenvalue weighted by Crippen LogP contribution is -2.58. The average Bonchev–Trinajstić information content (AvgIpc) is 2.25.